The normalized spacial score (nSPS) is 11.0. The monoisotopic (exact) mass is 491 g/mol. The van der Waals surface area contributed by atoms with E-state index < -0.39 is 15.9 Å². The summed E-state index contributed by atoms with van der Waals surface area (Å²) in [6.45, 7) is 0. The SMILES string of the molecule is COc1ccc(NC(=O)c2ccc(=O)n(C)c2)cc1S(=O)(=O)Nc1ccc(Br)cc1. The molecule has 0 fully saturated rings. The summed E-state index contributed by atoms with van der Waals surface area (Å²) in [7, 11) is -1.10. The van der Waals surface area contributed by atoms with Crippen LogP contribution in [0, 0.1) is 0 Å². The van der Waals surface area contributed by atoms with Gasteiger partial charge in [0.1, 0.15) is 10.6 Å². The molecule has 0 aliphatic rings. The molecule has 2 N–H and O–H groups in total. The number of anilines is 2. The van der Waals surface area contributed by atoms with Crippen LogP contribution in [-0.4, -0.2) is 26.0 Å². The Morgan fingerprint density at radius 3 is 2.33 bits per heavy atom. The largest absolute Gasteiger partial charge is 0.495 e. The highest BCUT2D eigenvalue weighted by molar-refractivity contribution is 9.10. The van der Waals surface area contributed by atoms with Gasteiger partial charge in [-0.25, -0.2) is 8.42 Å². The number of pyridine rings is 1. The van der Waals surface area contributed by atoms with E-state index in [-0.39, 0.29) is 27.5 Å². The highest BCUT2D eigenvalue weighted by Gasteiger charge is 2.21. The van der Waals surface area contributed by atoms with Crippen molar-refractivity contribution in [3.63, 3.8) is 0 Å². The van der Waals surface area contributed by atoms with Gasteiger partial charge in [0.05, 0.1) is 12.7 Å². The Kier molecular flexibility index (Phi) is 6.28. The predicted molar refractivity (Wildman–Crippen MR) is 118 cm³/mol. The van der Waals surface area contributed by atoms with Gasteiger partial charge in [0, 0.05) is 35.2 Å². The van der Waals surface area contributed by atoms with Crippen molar-refractivity contribution < 1.29 is 17.9 Å². The average molecular weight is 492 g/mol. The maximum Gasteiger partial charge on any atom is 0.265 e. The molecule has 0 atom stereocenters. The number of hydrogen-bond acceptors (Lipinski definition) is 5. The number of aromatic nitrogens is 1. The number of aryl methyl sites for hydroxylation is 1. The highest BCUT2D eigenvalue weighted by atomic mass is 79.9. The predicted octanol–water partition coefficient (Wildman–Crippen LogP) is 3.21. The molecule has 1 aromatic heterocycles. The third kappa shape index (κ3) is 4.89. The van der Waals surface area contributed by atoms with Crippen molar-refractivity contribution in [1.29, 1.82) is 0 Å². The Labute approximate surface area is 181 Å². The van der Waals surface area contributed by atoms with E-state index in [0.717, 1.165) is 4.47 Å². The second kappa shape index (κ2) is 8.72. The number of ether oxygens (including phenoxy) is 1. The standard InChI is InChI=1S/C20H18BrN3O5S/c1-24-12-13(3-10-19(24)25)20(26)22-16-8-9-17(29-2)18(11-16)30(27,28)23-15-6-4-14(21)5-7-15/h3-12,23H,1-2H3,(H,22,26). The first-order valence-corrected chi connectivity index (χ1v) is 10.9. The third-order valence-electron chi connectivity index (χ3n) is 4.16. The van der Waals surface area contributed by atoms with Crippen LogP contribution < -0.4 is 20.3 Å². The van der Waals surface area contributed by atoms with Crippen molar-refractivity contribution in [2.75, 3.05) is 17.1 Å². The molecule has 30 heavy (non-hydrogen) atoms. The van der Waals surface area contributed by atoms with Crippen LogP contribution in [0.2, 0.25) is 0 Å². The van der Waals surface area contributed by atoms with Crippen LogP contribution in [0.15, 0.2) is 75.0 Å². The van der Waals surface area contributed by atoms with Crippen molar-refractivity contribution in [1.82, 2.24) is 4.57 Å². The molecule has 0 saturated heterocycles. The number of nitrogens with one attached hydrogen (secondary N) is 2. The summed E-state index contributed by atoms with van der Waals surface area (Å²) in [5.41, 5.74) is 0.638. The summed E-state index contributed by atoms with van der Waals surface area (Å²) in [4.78, 5) is 23.8. The van der Waals surface area contributed by atoms with Crippen LogP contribution in [0.3, 0.4) is 0 Å². The number of hydrogen-bond donors (Lipinski definition) is 2. The van der Waals surface area contributed by atoms with Crippen molar-refractivity contribution >= 4 is 43.2 Å². The smallest absolute Gasteiger partial charge is 0.265 e. The number of carbonyl (C=O) groups excluding carboxylic acids is 1. The Bertz CT molecular complexity index is 1250. The lowest BCUT2D eigenvalue weighted by atomic mass is 10.2. The molecule has 0 bridgehead atoms. The van der Waals surface area contributed by atoms with E-state index in [1.54, 1.807) is 24.3 Å². The number of nitrogens with zero attached hydrogens (tertiary/aromatic N) is 1. The molecule has 0 saturated carbocycles. The summed E-state index contributed by atoms with van der Waals surface area (Å²) >= 11 is 3.30. The van der Waals surface area contributed by atoms with E-state index in [1.807, 2.05) is 0 Å². The fourth-order valence-electron chi connectivity index (χ4n) is 2.62. The van der Waals surface area contributed by atoms with Crippen molar-refractivity contribution in [3.05, 3.63) is 81.2 Å². The fourth-order valence-corrected chi connectivity index (χ4v) is 4.14. The first-order valence-electron chi connectivity index (χ1n) is 8.64. The molecule has 8 nitrogen and oxygen atoms in total. The number of sulfonamides is 1. The maximum absolute atomic E-state index is 12.9. The van der Waals surface area contributed by atoms with E-state index in [9.17, 15) is 18.0 Å². The van der Waals surface area contributed by atoms with Gasteiger partial charge in [0.2, 0.25) is 5.56 Å². The van der Waals surface area contributed by atoms with Crippen LogP contribution in [-0.2, 0) is 17.1 Å². The van der Waals surface area contributed by atoms with Gasteiger partial charge >= 0.3 is 0 Å². The molecule has 3 aromatic rings. The number of halogens is 1. The molecule has 156 valence electrons. The number of amides is 1. The Morgan fingerprint density at radius 1 is 1.03 bits per heavy atom. The second-order valence-electron chi connectivity index (χ2n) is 6.30. The van der Waals surface area contributed by atoms with Gasteiger partial charge in [-0.1, -0.05) is 15.9 Å². The Balaban J connectivity index is 1.90. The van der Waals surface area contributed by atoms with Gasteiger partial charge in [-0.05, 0) is 48.5 Å². The topological polar surface area (TPSA) is 106 Å². The van der Waals surface area contributed by atoms with E-state index in [0.29, 0.717) is 5.69 Å². The molecule has 0 spiro atoms. The first-order chi connectivity index (χ1) is 14.2. The first kappa shape index (κ1) is 21.6. The molecule has 0 aliphatic heterocycles. The minimum atomic E-state index is -3.99. The Morgan fingerprint density at radius 2 is 1.70 bits per heavy atom. The van der Waals surface area contributed by atoms with Gasteiger partial charge in [0.15, 0.2) is 0 Å². The van der Waals surface area contributed by atoms with Gasteiger partial charge in [-0.2, -0.15) is 0 Å². The second-order valence-corrected chi connectivity index (χ2v) is 8.87. The summed E-state index contributed by atoms with van der Waals surface area (Å²) in [5, 5.41) is 2.63. The lowest BCUT2D eigenvalue weighted by Gasteiger charge is -2.14. The third-order valence-corrected chi connectivity index (χ3v) is 6.09. The zero-order chi connectivity index (χ0) is 21.9. The van der Waals surface area contributed by atoms with Gasteiger partial charge in [0.25, 0.3) is 15.9 Å². The fraction of sp³-hybridized carbons (Fsp3) is 0.100. The molecular weight excluding hydrogens is 474 g/mol. The lowest BCUT2D eigenvalue weighted by Crippen LogP contribution is -2.20. The molecule has 2 aromatic carbocycles. The summed E-state index contributed by atoms with van der Waals surface area (Å²) in [6, 6.07) is 13.6. The number of methoxy groups -OCH3 is 1. The van der Waals surface area contributed by atoms with Crippen molar-refractivity contribution in [2.24, 2.45) is 7.05 Å². The molecule has 1 heterocycles. The van der Waals surface area contributed by atoms with Gasteiger partial charge in [-0.3, -0.25) is 14.3 Å². The van der Waals surface area contributed by atoms with Crippen LogP contribution in [0.5, 0.6) is 5.75 Å². The zero-order valence-corrected chi connectivity index (χ0v) is 18.5. The van der Waals surface area contributed by atoms with Crippen LogP contribution in [0.4, 0.5) is 11.4 Å². The van der Waals surface area contributed by atoms with E-state index in [4.69, 9.17) is 4.74 Å². The van der Waals surface area contributed by atoms with Crippen LogP contribution in [0.1, 0.15) is 10.4 Å². The Hall–Kier alpha value is -3.11. The summed E-state index contributed by atoms with van der Waals surface area (Å²) in [5.74, 6) is -0.361. The zero-order valence-electron chi connectivity index (χ0n) is 16.0. The van der Waals surface area contributed by atoms with E-state index in [1.165, 1.54) is 55.3 Å². The van der Waals surface area contributed by atoms with Gasteiger partial charge in [-0.15, -0.1) is 0 Å². The minimum Gasteiger partial charge on any atom is -0.495 e. The average Bonchev–Trinajstić information content (AvgIpc) is 2.71. The molecule has 0 aliphatic carbocycles. The van der Waals surface area contributed by atoms with Crippen LogP contribution >= 0.6 is 15.9 Å². The lowest BCUT2D eigenvalue weighted by molar-refractivity contribution is 0.102. The number of carbonyl (C=O) groups is 1. The maximum atomic E-state index is 12.9. The summed E-state index contributed by atoms with van der Waals surface area (Å²) < 4.78 is 35.6. The minimum absolute atomic E-state index is 0.125. The molecule has 1 amide bonds. The molecule has 0 radical (unpaired) electrons. The summed E-state index contributed by atoms with van der Waals surface area (Å²) in [6.07, 6.45) is 1.40. The number of rotatable bonds is 6. The molecule has 10 heteroatoms. The highest BCUT2D eigenvalue weighted by Crippen LogP contribution is 2.29. The molecular formula is C20H18BrN3O5S. The number of benzene rings is 2. The van der Waals surface area contributed by atoms with E-state index in [2.05, 4.69) is 26.0 Å². The molecule has 0 unspecified atom stereocenters. The van der Waals surface area contributed by atoms with Crippen molar-refractivity contribution in [3.8, 4) is 5.75 Å². The molecule has 3 rings (SSSR count). The van der Waals surface area contributed by atoms with Gasteiger partial charge < -0.3 is 14.6 Å². The van der Waals surface area contributed by atoms with E-state index >= 15 is 0 Å². The van der Waals surface area contributed by atoms with Crippen LogP contribution in [0.25, 0.3) is 0 Å². The van der Waals surface area contributed by atoms with Crippen molar-refractivity contribution in [2.45, 2.75) is 4.90 Å². The quantitative estimate of drug-likeness (QED) is 0.550.